The molecule has 0 saturated heterocycles. The van der Waals surface area contributed by atoms with Gasteiger partial charge in [-0.15, -0.1) is 0 Å². The van der Waals surface area contributed by atoms with Gasteiger partial charge in [0.1, 0.15) is 29.0 Å². The predicted octanol–water partition coefficient (Wildman–Crippen LogP) is 1.96. The maximum Gasteiger partial charge on any atom is 0.264 e. The quantitative estimate of drug-likeness (QED) is 0.247. The van der Waals surface area contributed by atoms with Crippen LogP contribution < -0.4 is 11.1 Å². The van der Waals surface area contributed by atoms with E-state index in [1.807, 2.05) is 0 Å². The van der Waals surface area contributed by atoms with Crippen molar-refractivity contribution in [2.75, 3.05) is 30.5 Å². The number of carbonyl (C=O) groups is 1. The van der Waals surface area contributed by atoms with Crippen LogP contribution in [0.15, 0.2) is 36.5 Å². The van der Waals surface area contributed by atoms with Crippen LogP contribution in [0.1, 0.15) is 18.1 Å². The van der Waals surface area contributed by atoms with Gasteiger partial charge in [-0.3, -0.25) is 8.98 Å². The molecule has 0 radical (unpaired) electrons. The average molecular weight is 546 g/mol. The molecule has 5 rings (SSSR count). The third-order valence-electron chi connectivity index (χ3n) is 5.89. The normalized spacial score (nSPS) is 17.1. The van der Waals surface area contributed by atoms with Crippen molar-refractivity contribution in [1.82, 2.24) is 24.7 Å². The number of hydrogen-bond donors (Lipinski definition) is 2. The highest BCUT2D eigenvalue weighted by Crippen LogP contribution is 2.42. The van der Waals surface area contributed by atoms with Crippen molar-refractivity contribution >= 4 is 38.7 Å². The van der Waals surface area contributed by atoms with E-state index in [4.69, 9.17) is 10.5 Å². The van der Waals surface area contributed by atoms with Gasteiger partial charge >= 0.3 is 0 Å². The van der Waals surface area contributed by atoms with Crippen molar-refractivity contribution in [1.29, 1.82) is 0 Å². The third kappa shape index (κ3) is 4.66. The van der Waals surface area contributed by atoms with Crippen molar-refractivity contribution in [3.05, 3.63) is 59.3 Å². The molecule has 1 aliphatic heterocycles. The molecule has 0 spiro atoms. The standard InChI is InChI=1S/C23H21F2N7O5S/c1-23(36-7-8-37-38(2,34)35)16-18(26)28-20(29-19(16)30-22(23)33)17-14-9-13(24)10-27-21(14)32(31-17)11-12-5-3-4-6-15(12)25/h3-6,9-10H,7-8,11H2,1-2H3,(H3,26,28,29,30,33). The van der Waals surface area contributed by atoms with Crippen LogP contribution in [0.2, 0.25) is 0 Å². The van der Waals surface area contributed by atoms with Gasteiger partial charge in [0.05, 0.1) is 43.2 Å². The molecule has 1 amide bonds. The number of fused-ring (bicyclic) bond motifs is 2. The van der Waals surface area contributed by atoms with E-state index in [0.717, 1.165) is 12.5 Å². The molecule has 4 heterocycles. The van der Waals surface area contributed by atoms with Crippen LogP contribution in [0.25, 0.3) is 22.6 Å². The maximum absolute atomic E-state index is 14.3. The number of nitrogens with zero attached hydrogens (tertiary/aromatic N) is 5. The monoisotopic (exact) mass is 545 g/mol. The highest BCUT2D eigenvalue weighted by Gasteiger charge is 2.47. The number of nitrogen functional groups attached to an aromatic ring is 1. The summed E-state index contributed by atoms with van der Waals surface area (Å²) in [6.45, 7) is 0.875. The number of ether oxygens (including phenoxy) is 1. The van der Waals surface area contributed by atoms with Crippen molar-refractivity contribution < 1.29 is 30.9 Å². The molecule has 0 fully saturated rings. The molecule has 3 N–H and O–H groups in total. The fourth-order valence-electron chi connectivity index (χ4n) is 4.15. The summed E-state index contributed by atoms with van der Waals surface area (Å²) in [6.07, 6.45) is 1.91. The first-order valence-corrected chi connectivity index (χ1v) is 13.0. The number of amides is 1. The Kier molecular flexibility index (Phi) is 6.28. The molecule has 198 valence electrons. The van der Waals surface area contributed by atoms with Gasteiger partial charge < -0.3 is 15.8 Å². The minimum atomic E-state index is -3.69. The molecule has 12 nitrogen and oxygen atoms in total. The van der Waals surface area contributed by atoms with Crippen LogP contribution in [0.3, 0.4) is 0 Å². The Morgan fingerprint density at radius 2 is 1.95 bits per heavy atom. The van der Waals surface area contributed by atoms with Crippen molar-refractivity contribution in [3.8, 4) is 11.5 Å². The molecule has 0 aliphatic carbocycles. The number of hydrogen-bond acceptors (Lipinski definition) is 10. The number of anilines is 2. The Balaban J connectivity index is 1.53. The van der Waals surface area contributed by atoms with Crippen LogP contribution in [-0.4, -0.2) is 58.5 Å². The van der Waals surface area contributed by atoms with E-state index < -0.39 is 33.3 Å². The molecular weight excluding hydrogens is 524 g/mol. The lowest BCUT2D eigenvalue weighted by Gasteiger charge is -2.23. The Labute approximate surface area is 214 Å². The zero-order valence-corrected chi connectivity index (χ0v) is 20.9. The lowest BCUT2D eigenvalue weighted by atomic mass is 9.99. The Morgan fingerprint density at radius 1 is 1.18 bits per heavy atom. The molecule has 4 aromatic rings. The van der Waals surface area contributed by atoms with Crippen LogP contribution in [0, 0.1) is 11.6 Å². The van der Waals surface area contributed by atoms with Gasteiger partial charge in [-0.05, 0) is 19.1 Å². The number of nitrogens with one attached hydrogen (secondary N) is 1. The van der Waals surface area contributed by atoms with E-state index in [9.17, 15) is 22.0 Å². The van der Waals surface area contributed by atoms with Gasteiger partial charge in [0, 0.05) is 5.56 Å². The van der Waals surface area contributed by atoms with E-state index in [2.05, 4.69) is 29.6 Å². The Bertz CT molecular complexity index is 1700. The summed E-state index contributed by atoms with van der Waals surface area (Å²) in [4.78, 5) is 25.6. The molecular formula is C23H21F2N7O5S. The summed E-state index contributed by atoms with van der Waals surface area (Å²) in [6, 6.07) is 7.34. The molecule has 3 aromatic heterocycles. The van der Waals surface area contributed by atoms with Gasteiger partial charge in [0.15, 0.2) is 17.1 Å². The first-order chi connectivity index (χ1) is 18.0. The van der Waals surface area contributed by atoms with E-state index >= 15 is 0 Å². The van der Waals surface area contributed by atoms with Crippen molar-refractivity contribution in [3.63, 3.8) is 0 Å². The second-order valence-corrected chi connectivity index (χ2v) is 10.3. The number of nitrogens with two attached hydrogens (primary N) is 1. The summed E-state index contributed by atoms with van der Waals surface area (Å²) in [7, 11) is -3.69. The fourth-order valence-corrected chi connectivity index (χ4v) is 4.52. The number of benzene rings is 1. The second kappa shape index (κ2) is 9.34. The van der Waals surface area contributed by atoms with Crippen molar-refractivity contribution in [2.24, 2.45) is 0 Å². The van der Waals surface area contributed by atoms with E-state index in [-0.39, 0.29) is 59.5 Å². The first-order valence-electron chi connectivity index (χ1n) is 11.2. The minimum Gasteiger partial charge on any atom is -0.383 e. The molecule has 0 bridgehead atoms. The maximum atomic E-state index is 14.3. The number of halogens is 2. The number of rotatable bonds is 8. The van der Waals surface area contributed by atoms with Crippen LogP contribution in [0.5, 0.6) is 0 Å². The van der Waals surface area contributed by atoms with E-state index in [0.29, 0.717) is 5.56 Å². The van der Waals surface area contributed by atoms with Crippen molar-refractivity contribution in [2.45, 2.75) is 19.1 Å². The second-order valence-electron chi connectivity index (χ2n) is 8.64. The molecule has 1 aromatic carbocycles. The topological polar surface area (TPSA) is 164 Å². The minimum absolute atomic E-state index is 0.000423. The molecule has 0 saturated carbocycles. The number of aromatic nitrogens is 5. The smallest absolute Gasteiger partial charge is 0.264 e. The van der Waals surface area contributed by atoms with E-state index in [1.165, 1.54) is 23.7 Å². The van der Waals surface area contributed by atoms with Gasteiger partial charge in [-0.1, -0.05) is 18.2 Å². The molecule has 1 aliphatic rings. The largest absolute Gasteiger partial charge is 0.383 e. The van der Waals surface area contributed by atoms with Crippen LogP contribution >= 0.6 is 0 Å². The molecule has 1 atom stereocenters. The highest BCUT2D eigenvalue weighted by atomic mass is 32.2. The Morgan fingerprint density at radius 3 is 2.68 bits per heavy atom. The van der Waals surface area contributed by atoms with Gasteiger partial charge in [-0.25, -0.2) is 28.4 Å². The highest BCUT2D eigenvalue weighted by molar-refractivity contribution is 7.85. The molecule has 38 heavy (non-hydrogen) atoms. The molecule has 15 heteroatoms. The lowest BCUT2D eigenvalue weighted by Crippen LogP contribution is -2.36. The summed E-state index contributed by atoms with van der Waals surface area (Å²) in [5.41, 5.74) is 5.45. The molecule has 1 unspecified atom stereocenters. The zero-order chi connectivity index (χ0) is 27.2. The summed E-state index contributed by atoms with van der Waals surface area (Å²) >= 11 is 0. The fraction of sp³-hybridized carbons (Fsp3) is 0.261. The zero-order valence-electron chi connectivity index (χ0n) is 20.1. The van der Waals surface area contributed by atoms with E-state index in [1.54, 1.807) is 18.2 Å². The summed E-state index contributed by atoms with van der Waals surface area (Å²) in [5.74, 6) is -1.78. The SMILES string of the molecule is CC1(OCCOS(C)(=O)=O)C(=O)Nc2nc(-c3nn(Cc4ccccc4F)c4ncc(F)cc34)nc(N)c21. The summed E-state index contributed by atoms with van der Waals surface area (Å²) in [5, 5.41) is 7.30. The van der Waals surface area contributed by atoms with Crippen LogP contribution in [0.4, 0.5) is 20.4 Å². The third-order valence-corrected chi connectivity index (χ3v) is 6.49. The first kappa shape index (κ1) is 25.6. The Hall–Kier alpha value is -4.08. The number of carbonyl (C=O) groups excluding carboxylic acids is 1. The van der Waals surface area contributed by atoms with Gasteiger partial charge in [-0.2, -0.15) is 13.5 Å². The summed E-state index contributed by atoms with van der Waals surface area (Å²) < 4.78 is 62.5. The van der Waals surface area contributed by atoms with Gasteiger partial charge in [0.2, 0.25) is 0 Å². The van der Waals surface area contributed by atoms with Crippen LogP contribution in [-0.2, 0) is 36.0 Å². The number of pyridine rings is 1. The lowest BCUT2D eigenvalue weighted by molar-refractivity contribution is -0.139. The predicted molar refractivity (Wildman–Crippen MR) is 131 cm³/mol. The van der Waals surface area contributed by atoms with Gasteiger partial charge in [0.25, 0.3) is 16.0 Å². The average Bonchev–Trinajstić information content (AvgIpc) is 3.32.